The van der Waals surface area contributed by atoms with E-state index in [4.69, 9.17) is 23.0 Å². The molecule has 0 radical (unpaired) electrons. The fourth-order valence-electron chi connectivity index (χ4n) is 6.63. The third-order valence-corrected chi connectivity index (χ3v) is 9.66. The van der Waals surface area contributed by atoms with Gasteiger partial charge in [-0.3, -0.25) is 19.6 Å². The molecule has 0 aliphatic carbocycles. The highest BCUT2D eigenvalue weighted by Gasteiger charge is 2.36. The number of piperazine rings is 2. The number of hydrogen-bond donors (Lipinski definition) is 3. The Morgan fingerprint density at radius 3 is 1.69 bits per heavy atom. The maximum atomic E-state index is 13.4. The molecule has 6 aromatic rings. The van der Waals surface area contributed by atoms with E-state index >= 15 is 0 Å². The number of carbonyl (C=O) groups is 3. The van der Waals surface area contributed by atoms with E-state index in [1.54, 1.807) is 51.6 Å². The van der Waals surface area contributed by atoms with E-state index in [0.717, 1.165) is 17.9 Å². The van der Waals surface area contributed by atoms with Crippen LogP contribution in [0.25, 0.3) is 0 Å². The number of rotatable bonds is 12. The van der Waals surface area contributed by atoms with Crippen molar-refractivity contribution in [3.8, 4) is 11.5 Å². The molecule has 0 spiro atoms. The Labute approximate surface area is 388 Å². The van der Waals surface area contributed by atoms with Gasteiger partial charge in [0.1, 0.15) is 42.8 Å². The molecule has 3 amide bonds. The summed E-state index contributed by atoms with van der Waals surface area (Å²) in [7, 11) is 0. The van der Waals surface area contributed by atoms with Crippen molar-refractivity contribution in [2.75, 3.05) is 63.1 Å². The Hall–Kier alpha value is -6.89. The number of oxazole rings is 2. The molecule has 2 fully saturated rings. The van der Waals surface area contributed by atoms with Gasteiger partial charge in [-0.05, 0) is 69.3 Å². The monoisotopic (exact) mass is 930 g/mol. The number of aromatic nitrogens is 4. The second-order valence-electron chi connectivity index (χ2n) is 15.5. The maximum Gasteiger partial charge on any atom is 0.410 e. The summed E-state index contributed by atoms with van der Waals surface area (Å²) < 4.78 is 28.1. The molecule has 2 aliphatic heterocycles. The first-order chi connectivity index (χ1) is 30.6. The minimum Gasteiger partial charge on any atom is -0.490 e. The number of nitrogens with one attached hydrogen (secondary N) is 3. The molecule has 20 heteroatoms. The smallest absolute Gasteiger partial charge is 0.410 e. The minimum atomic E-state index is -0.616. The summed E-state index contributed by atoms with van der Waals surface area (Å²) in [6.45, 7) is 8.84. The van der Waals surface area contributed by atoms with Gasteiger partial charge in [-0.25, -0.2) is 4.79 Å². The average Bonchev–Trinajstić information content (AvgIpc) is 3.98. The topological polar surface area (TPSA) is 203 Å². The number of ether oxygens (including phenoxy) is 3. The highest BCUT2D eigenvalue weighted by molar-refractivity contribution is 5.93. The number of benzene rings is 2. The van der Waals surface area contributed by atoms with E-state index in [0.29, 0.717) is 44.3 Å². The van der Waals surface area contributed by atoms with Crippen LogP contribution in [0.2, 0.25) is 0 Å². The molecule has 2 unspecified atom stereocenters. The van der Waals surface area contributed by atoms with Gasteiger partial charge < -0.3 is 53.7 Å². The second kappa shape index (κ2) is 23.7. The number of pyridine rings is 2. The van der Waals surface area contributed by atoms with Gasteiger partial charge in [-0.15, -0.1) is 24.8 Å². The number of hydrogen-bond acceptors (Lipinski definition) is 15. The number of para-hydroxylation sites is 2. The van der Waals surface area contributed by atoms with Crippen LogP contribution >= 0.6 is 24.8 Å². The number of amides is 3. The number of anilines is 4. The van der Waals surface area contributed by atoms with Crippen molar-refractivity contribution in [3.63, 3.8) is 0 Å². The highest BCUT2D eigenvalue weighted by atomic mass is 35.5. The average molecular weight is 932 g/mol. The van der Waals surface area contributed by atoms with Crippen LogP contribution < -0.4 is 25.4 Å². The van der Waals surface area contributed by atoms with Crippen molar-refractivity contribution in [3.05, 3.63) is 134 Å². The molecule has 8 rings (SSSR count). The number of carbonyl (C=O) groups excluding carboxylic acids is 3. The van der Waals surface area contributed by atoms with Crippen LogP contribution in [-0.4, -0.2) is 123 Å². The van der Waals surface area contributed by atoms with E-state index < -0.39 is 17.7 Å². The first kappa shape index (κ1) is 49.1. The summed E-state index contributed by atoms with van der Waals surface area (Å²) in [4.78, 5) is 60.7. The van der Waals surface area contributed by atoms with Crippen LogP contribution in [0.4, 0.5) is 28.2 Å². The molecule has 0 saturated carbocycles. The van der Waals surface area contributed by atoms with Gasteiger partial charge in [-0.2, -0.15) is 9.97 Å². The second-order valence-corrected chi connectivity index (χ2v) is 15.5. The van der Waals surface area contributed by atoms with Crippen LogP contribution in [0.1, 0.15) is 41.7 Å². The molecule has 4 aromatic heterocycles. The largest absolute Gasteiger partial charge is 0.490 e. The van der Waals surface area contributed by atoms with Crippen LogP contribution in [-0.2, 0) is 4.74 Å². The van der Waals surface area contributed by atoms with Gasteiger partial charge in [0.25, 0.3) is 23.8 Å². The molecule has 65 heavy (non-hydrogen) atoms. The number of halogens is 2. The van der Waals surface area contributed by atoms with Crippen molar-refractivity contribution in [1.82, 2.24) is 40.0 Å². The van der Waals surface area contributed by atoms with Crippen molar-refractivity contribution in [1.29, 1.82) is 0 Å². The zero-order chi connectivity index (χ0) is 44.0. The van der Waals surface area contributed by atoms with Crippen LogP contribution in [0.15, 0.2) is 131 Å². The van der Waals surface area contributed by atoms with Crippen LogP contribution in [0.5, 0.6) is 11.5 Å². The van der Waals surface area contributed by atoms with E-state index in [-0.39, 0.29) is 79.2 Å². The highest BCUT2D eigenvalue weighted by Crippen LogP contribution is 2.22. The molecule has 2 aliphatic rings. The van der Waals surface area contributed by atoms with Gasteiger partial charge in [0, 0.05) is 63.0 Å². The molecular formula is C45H52Cl2N10O8. The lowest BCUT2D eigenvalue weighted by atomic mass is 10.1. The maximum absolute atomic E-state index is 13.4. The normalized spacial score (nSPS) is 15.8. The minimum absolute atomic E-state index is 0. The van der Waals surface area contributed by atoms with Crippen LogP contribution in [0, 0.1) is 0 Å². The SMILES string of the molecule is CC(C)(C)OC(=O)N1CCN(C(=O)c2coc(Nc3ccccc3)n2)C(COc2cccnc2)C1.Cl.Cl.O=C(c1coc(Nc2ccccc2)n1)N1CCNCC1COc1cccnc1. The molecule has 2 saturated heterocycles. The molecule has 3 N–H and O–H groups in total. The van der Waals surface area contributed by atoms with Crippen molar-refractivity contribution < 1.29 is 37.4 Å². The zero-order valence-electron chi connectivity index (χ0n) is 36.1. The van der Waals surface area contributed by atoms with Crippen LogP contribution in [0.3, 0.4) is 0 Å². The van der Waals surface area contributed by atoms with Gasteiger partial charge in [0.05, 0.1) is 24.5 Å². The summed E-state index contributed by atoms with van der Waals surface area (Å²) in [6, 6.07) is 26.1. The van der Waals surface area contributed by atoms with Gasteiger partial charge in [0.2, 0.25) is 0 Å². The molecule has 18 nitrogen and oxygen atoms in total. The van der Waals surface area contributed by atoms with E-state index in [2.05, 4.69) is 35.9 Å². The first-order valence-corrected chi connectivity index (χ1v) is 20.5. The lowest BCUT2D eigenvalue weighted by Crippen LogP contribution is -2.59. The summed E-state index contributed by atoms with van der Waals surface area (Å²) in [5.41, 5.74) is 1.46. The third kappa shape index (κ3) is 14.3. The zero-order valence-corrected chi connectivity index (χ0v) is 37.7. The van der Waals surface area contributed by atoms with Crippen molar-refractivity contribution >= 4 is 66.1 Å². The Morgan fingerprint density at radius 2 is 1.20 bits per heavy atom. The van der Waals surface area contributed by atoms with E-state index in [9.17, 15) is 14.4 Å². The number of nitrogens with zero attached hydrogens (tertiary/aromatic N) is 7. The Morgan fingerprint density at radius 1 is 0.692 bits per heavy atom. The molecular weight excluding hydrogens is 879 g/mol. The summed E-state index contributed by atoms with van der Waals surface area (Å²) in [5.74, 6) is 0.769. The third-order valence-electron chi connectivity index (χ3n) is 9.66. The lowest BCUT2D eigenvalue weighted by molar-refractivity contribution is -0.00109. The summed E-state index contributed by atoms with van der Waals surface area (Å²) in [5, 5.41) is 9.38. The first-order valence-electron chi connectivity index (χ1n) is 20.5. The fourth-order valence-corrected chi connectivity index (χ4v) is 6.63. The molecule has 2 atom stereocenters. The predicted molar refractivity (Wildman–Crippen MR) is 247 cm³/mol. The summed E-state index contributed by atoms with van der Waals surface area (Å²) in [6.07, 6.45) is 8.88. The predicted octanol–water partition coefficient (Wildman–Crippen LogP) is 7.10. The van der Waals surface area contributed by atoms with Gasteiger partial charge in [-0.1, -0.05) is 36.4 Å². The molecule has 344 valence electrons. The van der Waals surface area contributed by atoms with E-state index in [1.165, 1.54) is 12.5 Å². The standard InChI is InChI=1S/C25H29N5O5.C20H21N5O3.2ClH/c1-25(2,3)35-24(32)29-12-13-30(19(15-29)16-33-20-10-7-11-26-14-20)22(31)21-17-34-23(28-21)27-18-8-5-4-6-9-18;26-19(18-14-28-20(24-18)23-15-5-2-1-3-6-15)25-10-9-22-11-16(25)13-27-17-7-4-8-21-12-17;;/h4-11,14,17,19H,12-13,15-16H2,1-3H3,(H,27,28);1-8,12,14,16,22H,9-11,13H2,(H,23,24);2*1H. The molecule has 6 heterocycles. The lowest BCUT2D eigenvalue weighted by Gasteiger charge is -2.41. The van der Waals surface area contributed by atoms with Gasteiger partial charge in [0.15, 0.2) is 11.4 Å². The van der Waals surface area contributed by atoms with E-state index in [1.807, 2.05) is 93.6 Å². The van der Waals surface area contributed by atoms with Gasteiger partial charge >= 0.3 is 6.09 Å². The van der Waals surface area contributed by atoms with Crippen molar-refractivity contribution in [2.24, 2.45) is 0 Å². The Balaban J connectivity index is 0.000000242. The Kier molecular flexibility index (Phi) is 17.9. The molecule has 0 bridgehead atoms. The molecule has 2 aromatic carbocycles. The Bertz CT molecular complexity index is 2370. The quantitative estimate of drug-likeness (QED) is 0.112. The fraction of sp³-hybridized carbons (Fsp3) is 0.311. The van der Waals surface area contributed by atoms with Crippen molar-refractivity contribution in [2.45, 2.75) is 38.5 Å². The summed E-state index contributed by atoms with van der Waals surface area (Å²) >= 11 is 0.